The second-order valence-electron chi connectivity index (χ2n) is 3.64. The molecule has 13 heavy (non-hydrogen) atoms. The van der Waals surface area contributed by atoms with Gasteiger partial charge in [0.15, 0.2) is 0 Å². The van der Waals surface area contributed by atoms with Crippen molar-refractivity contribution < 1.29 is 9.53 Å². The van der Waals surface area contributed by atoms with Crippen LogP contribution in [0.15, 0.2) is 0 Å². The molecule has 1 atom stereocenters. The maximum absolute atomic E-state index is 10.7. The van der Waals surface area contributed by atoms with Crippen LogP contribution < -0.4 is 5.73 Å². The van der Waals surface area contributed by atoms with Crippen LogP contribution in [0.25, 0.3) is 0 Å². The molecule has 0 fully saturated rings. The summed E-state index contributed by atoms with van der Waals surface area (Å²) < 4.78 is 5.31. The normalized spacial score (nSPS) is 12.8. The van der Waals surface area contributed by atoms with Gasteiger partial charge in [-0.25, -0.2) is 0 Å². The molecule has 0 amide bonds. The molecule has 0 saturated carbocycles. The molecule has 0 rings (SSSR count). The van der Waals surface area contributed by atoms with Gasteiger partial charge in [-0.1, -0.05) is 13.8 Å². The highest BCUT2D eigenvalue weighted by molar-refractivity contribution is 5.81. The summed E-state index contributed by atoms with van der Waals surface area (Å²) in [6, 6.07) is -0.478. The monoisotopic (exact) mass is 189 g/mol. The second kappa shape index (κ2) is 7.04. The maximum Gasteiger partial charge on any atom is 0.148 e. The van der Waals surface area contributed by atoms with Crippen molar-refractivity contribution in [3.05, 3.63) is 0 Å². The number of nitrogens with two attached hydrogens (primary N) is 1. The molecule has 0 aliphatic rings. The van der Waals surface area contributed by atoms with Crippen molar-refractivity contribution >= 4 is 5.78 Å². The Morgan fingerprint density at radius 1 is 1.38 bits per heavy atom. The van der Waals surface area contributed by atoms with E-state index in [4.69, 9.17) is 10.5 Å². The van der Waals surface area contributed by atoms with Gasteiger partial charge >= 0.3 is 0 Å². The molecule has 0 spiro atoms. The number of ketones is 1. The first-order valence-electron chi connectivity index (χ1n) is 4.73. The molecule has 0 bridgehead atoms. The molecule has 0 heterocycles. The Labute approximate surface area is 81.6 Å². The Bertz CT molecular complexity index is 138. The van der Waals surface area contributed by atoms with Gasteiger partial charge in [-0.3, -0.25) is 4.79 Å². The quantitative estimate of drug-likeness (QED) is 0.735. The third-order valence-corrected chi connectivity index (χ3v) is 1.22. The molecule has 0 saturated heterocycles. The third kappa shape index (κ3) is 11.6. The molecule has 3 heteroatoms. The number of ether oxygens (including phenoxy) is 1. The van der Waals surface area contributed by atoms with Crippen LogP contribution >= 0.6 is 0 Å². The standard InChI is InChI=1S/C8H17NO2.C2H6/c1-6(10)7(9)5-11-8(2,3)4;1-2/h7H,5,9H2,1-4H3;1-2H3/t7-;/m0./s1. The number of rotatable bonds is 3. The maximum atomic E-state index is 10.7. The molecule has 3 nitrogen and oxygen atoms in total. The van der Waals surface area contributed by atoms with Gasteiger partial charge in [-0.15, -0.1) is 0 Å². The summed E-state index contributed by atoms with van der Waals surface area (Å²) in [5.41, 5.74) is 5.23. The fraction of sp³-hybridized carbons (Fsp3) is 0.900. The molecular formula is C10H23NO2. The number of carbonyl (C=O) groups is 1. The van der Waals surface area contributed by atoms with Gasteiger partial charge < -0.3 is 10.5 Å². The van der Waals surface area contributed by atoms with Gasteiger partial charge in [0.2, 0.25) is 0 Å². The van der Waals surface area contributed by atoms with E-state index in [-0.39, 0.29) is 11.4 Å². The van der Waals surface area contributed by atoms with Crippen molar-refractivity contribution in [3.8, 4) is 0 Å². The van der Waals surface area contributed by atoms with Crippen LogP contribution in [0.2, 0.25) is 0 Å². The largest absolute Gasteiger partial charge is 0.374 e. The smallest absolute Gasteiger partial charge is 0.148 e. The van der Waals surface area contributed by atoms with Gasteiger partial charge in [-0.05, 0) is 27.7 Å². The van der Waals surface area contributed by atoms with Crippen LogP contribution in [0.4, 0.5) is 0 Å². The van der Waals surface area contributed by atoms with Crippen LogP contribution in [-0.4, -0.2) is 24.0 Å². The molecule has 0 aromatic carbocycles. The van der Waals surface area contributed by atoms with E-state index in [9.17, 15) is 4.79 Å². The van der Waals surface area contributed by atoms with Gasteiger partial charge in [-0.2, -0.15) is 0 Å². The lowest BCUT2D eigenvalue weighted by molar-refractivity contribution is -0.120. The van der Waals surface area contributed by atoms with Crippen LogP contribution in [0.1, 0.15) is 41.5 Å². The minimum Gasteiger partial charge on any atom is -0.374 e. The zero-order valence-corrected chi connectivity index (χ0v) is 9.68. The highest BCUT2D eigenvalue weighted by Crippen LogP contribution is 2.06. The van der Waals surface area contributed by atoms with Crippen LogP contribution in [0.5, 0.6) is 0 Å². The second-order valence-corrected chi connectivity index (χ2v) is 3.64. The number of Topliss-reactive ketones (excluding diaryl/α,β-unsaturated/α-hetero) is 1. The van der Waals surface area contributed by atoms with Crippen molar-refractivity contribution in [2.24, 2.45) is 5.73 Å². The van der Waals surface area contributed by atoms with Gasteiger partial charge in [0, 0.05) is 0 Å². The van der Waals surface area contributed by atoms with E-state index in [0.717, 1.165) is 0 Å². The number of carbonyl (C=O) groups excluding carboxylic acids is 1. The summed E-state index contributed by atoms with van der Waals surface area (Å²) in [7, 11) is 0. The fourth-order valence-electron chi connectivity index (χ4n) is 0.457. The first kappa shape index (κ1) is 15.1. The Morgan fingerprint density at radius 2 is 1.77 bits per heavy atom. The van der Waals surface area contributed by atoms with Gasteiger partial charge in [0.05, 0.1) is 18.2 Å². The highest BCUT2D eigenvalue weighted by Gasteiger charge is 2.14. The first-order chi connectivity index (χ1) is 5.83. The molecule has 0 aliphatic carbocycles. The topological polar surface area (TPSA) is 52.3 Å². The van der Waals surface area contributed by atoms with Crippen LogP contribution in [0, 0.1) is 0 Å². The molecule has 0 radical (unpaired) electrons. The van der Waals surface area contributed by atoms with E-state index < -0.39 is 6.04 Å². The summed E-state index contributed by atoms with van der Waals surface area (Å²) in [5, 5.41) is 0. The van der Waals surface area contributed by atoms with Gasteiger partial charge in [0.25, 0.3) is 0 Å². The summed E-state index contributed by atoms with van der Waals surface area (Å²) >= 11 is 0. The molecular weight excluding hydrogens is 166 g/mol. The lowest BCUT2D eigenvalue weighted by atomic mass is 10.2. The fourth-order valence-corrected chi connectivity index (χ4v) is 0.457. The molecule has 0 aromatic rings. The minimum atomic E-state index is -0.478. The van der Waals surface area contributed by atoms with Crippen molar-refractivity contribution in [2.45, 2.75) is 53.2 Å². The van der Waals surface area contributed by atoms with Crippen molar-refractivity contribution in [3.63, 3.8) is 0 Å². The summed E-state index contributed by atoms with van der Waals surface area (Å²) in [6.07, 6.45) is 0. The van der Waals surface area contributed by atoms with Crippen molar-refractivity contribution in [1.82, 2.24) is 0 Å². The van der Waals surface area contributed by atoms with E-state index in [1.54, 1.807) is 0 Å². The Morgan fingerprint density at radius 3 is 2.00 bits per heavy atom. The lowest BCUT2D eigenvalue weighted by Gasteiger charge is -2.21. The highest BCUT2D eigenvalue weighted by atomic mass is 16.5. The van der Waals surface area contributed by atoms with E-state index in [1.165, 1.54) is 6.92 Å². The molecule has 0 aliphatic heterocycles. The molecule has 0 unspecified atom stereocenters. The average molecular weight is 189 g/mol. The first-order valence-corrected chi connectivity index (χ1v) is 4.73. The summed E-state index contributed by atoms with van der Waals surface area (Å²) in [6.45, 7) is 11.6. The number of hydrogen-bond donors (Lipinski definition) is 1. The molecule has 0 aromatic heterocycles. The van der Waals surface area contributed by atoms with E-state index in [2.05, 4.69) is 0 Å². The van der Waals surface area contributed by atoms with E-state index in [0.29, 0.717) is 6.61 Å². The number of hydrogen-bond acceptors (Lipinski definition) is 3. The zero-order chi connectivity index (χ0) is 11.1. The summed E-state index contributed by atoms with van der Waals surface area (Å²) in [5.74, 6) is -0.0331. The average Bonchev–Trinajstić information content (AvgIpc) is 2.02. The van der Waals surface area contributed by atoms with E-state index in [1.807, 2.05) is 34.6 Å². The van der Waals surface area contributed by atoms with Crippen LogP contribution in [-0.2, 0) is 9.53 Å². The minimum absolute atomic E-state index is 0.0331. The SMILES string of the molecule is CC.CC(=O)[C@@H](N)COC(C)(C)C. The Balaban J connectivity index is 0. The summed E-state index contributed by atoms with van der Waals surface area (Å²) in [4.78, 5) is 10.7. The third-order valence-electron chi connectivity index (χ3n) is 1.22. The predicted octanol–water partition coefficient (Wildman–Crippen LogP) is 1.74. The lowest BCUT2D eigenvalue weighted by Crippen LogP contribution is -2.36. The Kier molecular flexibility index (Phi) is 8.16. The van der Waals surface area contributed by atoms with Gasteiger partial charge in [0.1, 0.15) is 5.78 Å². The predicted molar refractivity (Wildman–Crippen MR) is 55.7 cm³/mol. The van der Waals surface area contributed by atoms with Crippen molar-refractivity contribution in [2.75, 3.05) is 6.61 Å². The Hall–Kier alpha value is -0.410. The van der Waals surface area contributed by atoms with E-state index >= 15 is 0 Å². The zero-order valence-electron chi connectivity index (χ0n) is 9.68. The molecule has 80 valence electrons. The molecule has 2 N–H and O–H groups in total. The van der Waals surface area contributed by atoms with Crippen molar-refractivity contribution in [1.29, 1.82) is 0 Å². The van der Waals surface area contributed by atoms with Crippen LogP contribution in [0.3, 0.4) is 0 Å².